The summed E-state index contributed by atoms with van der Waals surface area (Å²) in [5.74, 6) is 1.76. The van der Waals surface area contributed by atoms with Crippen LogP contribution in [0.2, 0.25) is 0 Å². The van der Waals surface area contributed by atoms with Crippen molar-refractivity contribution in [2.45, 2.75) is 58.0 Å². The number of rotatable bonds is 8. The van der Waals surface area contributed by atoms with E-state index < -0.39 is 6.04 Å². The lowest BCUT2D eigenvalue weighted by atomic mass is 9.89. The lowest BCUT2D eigenvalue weighted by Gasteiger charge is -2.22. The predicted octanol–water partition coefficient (Wildman–Crippen LogP) is 2.16. The number of fused-ring (bicyclic) bond motifs is 1. The van der Waals surface area contributed by atoms with Gasteiger partial charge in [0.25, 0.3) is 0 Å². The lowest BCUT2D eigenvalue weighted by Crippen LogP contribution is -2.29. The van der Waals surface area contributed by atoms with Crippen LogP contribution >= 0.6 is 0 Å². The molecule has 1 saturated carbocycles. The van der Waals surface area contributed by atoms with Crippen molar-refractivity contribution in [3.05, 3.63) is 6.33 Å². The Labute approximate surface area is 154 Å². The highest BCUT2D eigenvalue weighted by Gasteiger charge is 2.18. The Morgan fingerprint density at radius 2 is 1.88 bits per heavy atom. The second kappa shape index (κ2) is 8.64. The van der Waals surface area contributed by atoms with Crippen LogP contribution in [0.5, 0.6) is 0 Å². The molecule has 144 valence electrons. The van der Waals surface area contributed by atoms with Gasteiger partial charge in [0, 0.05) is 12.6 Å². The summed E-state index contributed by atoms with van der Waals surface area (Å²) >= 11 is 0. The van der Waals surface area contributed by atoms with Crippen molar-refractivity contribution in [2.24, 2.45) is 5.92 Å². The van der Waals surface area contributed by atoms with Gasteiger partial charge in [-0.3, -0.25) is 0 Å². The van der Waals surface area contributed by atoms with E-state index >= 15 is 0 Å². The Bertz CT molecular complexity index is 707. The first kappa shape index (κ1) is 18.8. The normalized spacial score (nSPS) is 15.9. The van der Waals surface area contributed by atoms with E-state index in [1.54, 1.807) is 6.33 Å². The maximum absolute atomic E-state index is 9.34. The molecule has 0 radical (unpaired) electrons. The van der Waals surface area contributed by atoms with E-state index in [1.165, 1.54) is 32.1 Å². The largest absolute Gasteiger partial charge is 0.394 e. The van der Waals surface area contributed by atoms with Crippen LogP contribution in [0.15, 0.2) is 6.33 Å². The van der Waals surface area contributed by atoms with E-state index in [2.05, 4.69) is 39.4 Å². The van der Waals surface area contributed by atoms with Gasteiger partial charge in [-0.15, -0.1) is 0 Å². The van der Waals surface area contributed by atoms with Crippen LogP contribution in [0.25, 0.3) is 11.2 Å². The van der Waals surface area contributed by atoms with Gasteiger partial charge in [0.15, 0.2) is 17.0 Å². The van der Waals surface area contributed by atoms with E-state index in [0.717, 1.165) is 17.7 Å². The Morgan fingerprint density at radius 3 is 2.54 bits per heavy atom. The molecule has 1 fully saturated rings. The van der Waals surface area contributed by atoms with E-state index in [1.807, 2.05) is 4.57 Å². The molecule has 0 aromatic carbocycles. The summed E-state index contributed by atoms with van der Waals surface area (Å²) in [5, 5.41) is 25.1. The maximum Gasteiger partial charge on any atom is 0.227 e. The van der Waals surface area contributed by atoms with Crippen LogP contribution in [-0.4, -0.2) is 55.5 Å². The summed E-state index contributed by atoms with van der Waals surface area (Å²) in [7, 11) is 0. The second-order valence-electron chi connectivity index (χ2n) is 7.40. The molecular weight excluding hydrogens is 332 g/mol. The summed E-state index contributed by atoms with van der Waals surface area (Å²) < 4.78 is 2.00. The molecule has 4 N–H and O–H groups in total. The fourth-order valence-electron chi connectivity index (χ4n) is 3.45. The molecule has 26 heavy (non-hydrogen) atoms. The van der Waals surface area contributed by atoms with Crippen molar-refractivity contribution >= 4 is 22.9 Å². The van der Waals surface area contributed by atoms with Crippen LogP contribution in [0.1, 0.15) is 52.0 Å². The van der Waals surface area contributed by atoms with Gasteiger partial charge in [-0.1, -0.05) is 19.3 Å². The highest BCUT2D eigenvalue weighted by molar-refractivity contribution is 5.84. The van der Waals surface area contributed by atoms with Gasteiger partial charge in [0.1, 0.15) is 0 Å². The first-order chi connectivity index (χ1) is 12.6. The van der Waals surface area contributed by atoms with Gasteiger partial charge in [-0.25, -0.2) is 4.98 Å². The van der Waals surface area contributed by atoms with Gasteiger partial charge in [-0.2, -0.15) is 9.97 Å². The number of anilines is 2. The van der Waals surface area contributed by atoms with Crippen molar-refractivity contribution < 1.29 is 10.2 Å². The molecule has 0 bridgehead atoms. The zero-order valence-corrected chi connectivity index (χ0v) is 15.6. The molecule has 2 aromatic rings. The molecule has 3 rings (SSSR count). The molecule has 1 aliphatic rings. The second-order valence-corrected chi connectivity index (χ2v) is 7.40. The number of hydrogen-bond acceptors (Lipinski definition) is 7. The molecule has 1 aliphatic carbocycles. The summed E-state index contributed by atoms with van der Waals surface area (Å²) in [6.45, 7) is 4.66. The first-order valence-corrected chi connectivity index (χ1v) is 9.59. The Kier molecular flexibility index (Phi) is 6.26. The molecule has 8 heteroatoms. The maximum atomic E-state index is 9.34. The molecule has 0 spiro atoms. The predicted molar refractivity (Wildman–Crippen MR) is 102 cm³/mol. The highest BCUT2D eigenvalue weighted by atomic mass is 16.3. The SMILES string of the molecule is CC(C)n1cnc2c(NCC3CCCCC3)nc(NC(CO)CO)nc21. The zero-order valence-electron chi connectivity index (χ0n) is 15.6. The number of nitrogens with one attached hydrogen (secondary N) is 2. The molecule has 8 nitrogen and oxygen atoms in total. The smallest absolute Gasteiger partial charge is 0.227 e. The quantitative estimate of drug-likeness (QED) is 0.570. The van der Waals surface area contributed by atoms with Crippen LogP contribution in [0.3, 0.4) is 0 Å². The third kappa shape index (κ3) is 4.24. The minimum Gasteiger partial charge on any atom is -0.394 e. The lowest BCUT2D eigenvalue weighted by molar-refractivity contribution is 0.203. The number of hydrogen-bond donors (Lipinski definition) is 4. The average Bonchev–Trinajstić information content (AvgIpc) is 3.09. The van der Waals surface area contributed by atoms with Gasteiger partial charge in [0.05, 0.1) is 25.6 Å². The Balaban J connectivity index is 1.88. The highest BCUT2D eigenvalue weighted by Crippen LogP contribution is 2.27. The van der Waals surface area contributed by atoms with E-state index in [4.69, 9.17) is 0 Å². The molecule has 0 atom stereocenters. The molecule has 0 aliphatic heterocycles. The van der Waals surface area contributed by atoms with Crippen molar-refractivity contribution in [3.8, 4) is 0 Å². The minimum absolute atomic E-state index is 0.188. The van der Waals surface area contributed by atoms with E-state index in [9.17, 15) is 10.2 Å². The Morgan fingerprint density at radius 1 is 1.15 bits per heavy atom. The Hall–Kier alpha value is -1.93. The van der Waals surface area contributed by atoms with Gasteiger partial charge < -0.3 is 25.4 Å². The van der Waals surface area contributed by atoms with E-state index in [-0.39, 0.29) is 19.3 Å². The molecule has 0 saturated heterocycles. The van der Waals surface area contributed by atoms with Crippen molar-refractivity contribution in [1.29, 1.82) is 0 Å². The van der Waals surface area contributed by atoms with Crippen LogP contribution in [0, 0.1) is 5.92 Å². The van der Waals surface area contributed by atoms with Gasteiger partial charge in [-0.05, 0) is 32.6 Å². The summed E-state index contributed by atoms with van der Waals surface area (Å²) in [5.41, 5.74) is 1.50. The number of aliphatic hydroxyl groups is 2. The minimum atomic E-state index is -0.492. The fourth-order valence-corrected chi connectivity index (χ4v) is 3.45. The zero-order chi connectivity index (χ0) is 18.5. The molecule has 0 unspecified atom stereocenters. The molecule has 2 heterocycles. The third-order valence-electron chi connectivity index (χ3n) is 5.03. The molecule has 2 aromatic heterocycles. The van der Waals surface area contributed by atoms with Crippen molar-refractivity contribution in [1.82, 2.24) is 19.5 Å². The standard InChI is InChI=1S/C18H30N6O2/c1-12(2)24-11-20-15-16(19-8-13-6-4-3-5-7-13)22-18(23-17(15)24)21-14(9-25)10-26/h11-14,25-26H,3-10H2,1-2H3,(H2,19,21,22,23). The molecular formula is C18H30N6O2. The fraction of sp³-hybridized carbons (Fsp3) is 0.722. The number of imidazole rings is 1. The monoisotopic (exact) mass is 362 g/mol. The average molecular weight is 362 g/mol. The van der Waals surface area contributed by atoms with Crippen molar-refractivity contribution in [2.75, 3.05) is 30.4 Å². The summed E-state index contributed by atoms with van der Waals surface area (Å²) in [6, 6.07) is -0.269. The third-order valence-corrected chi connectivity index (χ3v) is 5.03. The van der Waals surface area contributed by atoms with Gasteiger partial charge >= 0.3 is 0 Å². The van der Waals surface area contributed by atoms with Crippen LogP contribution < -0.4 is 10.6 Å². The van der Waals surface area contributed by atoms with Crippen LogP contribution in [0.4, 0.5) is 11.8 Å². The first-order valence-electron chi connectivity index (χ1n) is 9.59. The summed E-state index contributed by atoms with van der Waals surface area (Å²) in [4.78, 5) is 13.6. The van der Waals surface area contributed by atoms with Crippen LogP contribution in [-0.2, 0) is 0 Å². The number of aliphatic hydroxyl groups excluding tert-OH is 2. The van der Waals surface area contributed by atoms with E-state index in [0.29, 0.717) is 17.7 Å². The van der Waals surface area contributed by atoms with Gasteiger partial charge in [0.2, 0.25) is 5.95 Å². The number of nitrogens with zero attached hydrogens (tertiary/aromatic N) is 4. The summed E-state index contributed by atoms with van der Waals surface area (Å²) in [6.07, 6.45) is 8.23. The van der Waals surface area contributed by atoms with Crippen molar-refractivity contribution in [3.63, 3.8) is 0 Å². The molecule has 0 amide bonds. The topological polar surface area (TPSA) is 108 Å². The number of aromatic nitrogens is 4.